The largest absolute Gasteiger partial charge is 0.490 e. The summed E-state index contributed by atoms with van der Waals surface area (Å²) in [6.07, 6.45) is -0.129. The Balaban J connectivity index is 2.76. The summed E-state index contributed by atoms with van der Waals surface area (Å²) in [6.45, 7) is 7.35. The van der Waals surface area contributed by atoms with Crippen molar-refractivity contribution >= 4 is 39.5 Å². The van der Waals surface area contributed by atoms with Crippen molar-refractivity contribution in [3.8, 4) is 5.75 Å². The van der Waals surface area contributed by atoms with Crippen molar-refractivity contribution in [2.75, 3.05) is 6.61 Å². The summed E-state index contributed by atoms with van der Waals surface area (Å²) in [6, 6.07) is 3.22. The van der Waals surface area contributed by atoms with Crippen LogP contribution in [0.4, 0.5) is 4.79 Å². The van der Waals surface area contributed by atoms with E-state index in [1.807, 2.05) is 13.0 Å². The van der Waals surface area contributed by atoms with E-state index in [4.69, 9.17) is 26.8 Å². The maximum absolute atomic E-state index is 12.0. The summed E-state index contributed by atoms with van der Waals surface area (Å²) in [5, 5.41) is 3.14. The van der Waals surface area contributed by atoms with E-state index in [-0.39, 0.29) is 13.0 Å². The highest BCUT2D eigenvalue weighted by atomic mass is 79.9. The molecule has 0 saturated heterocycles. The van der Waals surface area contributed by atoms with Crippen LogP contribution in [0.3, 0.4) is 0 Å². The van der Waals surface area contributed by atoms with E-state index in [1.165, 1.54) is 0 Å². The number of nitrogens with one attached hydrogen (secondary N) is 1. The maximum Gasteiger partial charge on any atom is 0.407 e. The first kappa shape index (κ1) is 21.6. The lowest BCUT2D eigenvalue weighted by Gasteiger charge is -2.24. The third-order valence-corrected chi connectivity index (χ3v) is 4.28. The fraction of sp³-hybridized carbons (Fsp3) is 0.529. The number of hydrogen-bond acceptors (Lipinski definition) is 4. The van der Waals surface area contributed by atoms with Gasteiger partial charge in [-0.2, -0.15) is 0 Å². The van der Waals surface area contributed by atoms with Gasteiger partial charge in [0.05, 0.1) is 11.1 Å². The molecule has 8 heteroatoms. The highest BCUT2D eigenvalue weighted by Crippen LogP contribution is 2.33. The van der Waals surface area contributed by atoms with Crippen LogP contribution in [0.2, 0.25) is 5.02 Å². The normalized spacial score (nSPS) is 12.4. The molecule has 0 aliphatic carbocycles. The number of halogens is 2. The molecule has 1 unspecified atom stereocenters. The van der Waals surface area contributed by atoms with Gasteiger partial charge in [-0.25, -0.2) is 4.79 Å². The fourth-order valence-corrected chi connectivity index (χ4v) is 2.70. The Hall–Kier alpha value is -1.47. The number of carbonyl (C=O) groups is 2. The van der Waals surface area contributed by atoms with E-state index in [0.29, 0.717) is 17.2 Å². The smallest absolute Gasteiger partial charge is 0.407 e. The molecule has 3 N–H and O–H groups in total. The Labute approximate surface area is 161 Å². The highest BCUT2D eigenvalue weighted by molar-refractivity contribution is 9.10. The number of alkyl carbamates (subject to hydrolysis) is 1. The standard InChI is InChI=1S/C17H24BrClN2O4/c1-10-7-12(18)15(19)13(8-10)24-9-11(5-6-14(20)22)21-16(23)25-17(2,3)4/h7-8,11H,5-6,9H2,1-4H3,(H2,20,22)(H,21,23). The predicted molar refractivity (Wildman–Crippen MR) is 101 cm³/mol. The van der Waals surface area contributed by atoms with Crippen molar-refractivity contribution < 1.29 is 19.1 Å². The van der Waals surface area contributed by atoms with Crippen molar-refractivity contribution in [3.05, 3.63) is 27.2 Å². The second-order valence-corrected chi connectivity index (χ2v) is 7.95. The highest BCUT2D eigenvalue weighted by Gasteiger charge is 2.21. The molecule has 1 aromatic carbocycles. The zero-order valence-corrected chi connectivity index (χ0v) is 17.2. The summed E-state index contributed by atoms with van der Waals surface area (Å²) in [5.41, 5.74) is 5.54. The molecular formula is C17H24BrClN2O4. The van der Waals surface area contributed by atoms with Crippen molar-refractivity contribution in [1.29, 1.82) is 0 Å². The first-order chi connectivity index (χ1) is 11.5. The Kier molecular flexibility index (Phi) is 8.02. The average Bonchev–Trinajstić information content (AvgIpc) is 2.44. The molecule has 0 heterocycles. The summed E-state index contributed by atoms with van der Waals surface area (Å²) < 4.78 is 11.7. The van der Waals surface area contributed by atoms with E-state index < -0.39 is 23.6 Å². The Morgan fingerprint density at radius 2 is 2.00 bits per heavy atom. The monoisotopic (exact) mass is 434 g/mol. The van der Waals surface area contributed by atoms with Crippen LogP contribution >= 0.6 is 27.5 Å². The molecule has 140 valence electrons. The predicted octanol–water partition coefficient (Wildman–Crippen LogP) is 3.95. The van der Waals surface area contributed by atoms with Gasteiger partial charge in [-0.05, 0) is 67.7 Å². The van der Waals surface area contributed by atoms with Gasteiger partial charge in [-0.1, -0.05) is 11.6 Å². The van der Waals surface area contributed by atoms with Crippen LogP contribution in [0.25, 0.3) is 0 Å². The molecule has 0 aliphatic heterocycles. The van der Waals surface area contributed by atoms with Gasteiger partial charge >= 0.3 is 6.09 Å². The zero-order chi connectivity index (χ0) is 19.2. The van der Waals surface area contributed by atoms with Gasteiger partial charge in [0.2, 0.25) is 5.91 Å². The van der Waals surface area contributed by atoms with Gasteiger partial charge in [0.1, 0.15) is 18.0 Å². The van der Waals surface area contributed by atoms with Crippen LogP contribution in [-0.2, 0) is 9.53 Å². The van der Waals surface area contributed by atoms with Crippen LogP contribution in [-0.4, -0.2) is 30.3 Å². The number of aryl methyl sites for hydroxylation is 1. The lowest BCUT2D eigenvalue weighted by molar-refractivity contribution is -0.118. The van der Waals surface area contributed by atoms with E-state index in [1.54, 1.807) is 26.8 Å². The van der Waals surface area contributed by atoms with Crippen LogP contribution in [0.1, 0.15) is 39.2 Å². The van der Waals surface area contributed by atoms with E-state index in [9.17, 15) is 9.59 Å². The second kappa shape index (κ2) is 9.29. The number of ether oxygens (including phenoxy) is 2. The molecule has 0 spiro atoms. The number of nitrogens with two attached hydrogens (primary N) is 1. The number of benzene rings is 1. The molecule has 25 heavy (non-hydrogen) atoms. The third kappa shape index (κ3) is 8.45. The summed E-state index contributed by atoms with van der Waals surface area (Å²) in [4.78, 5) is 23.0. The average molecular weight is 436 g/mol. The zero-order valence-electron chi connectivity index (χ0n) is 14.8. The maximum atomic E-state index is 12.0. The number of rotatable bonds is 7. The molecular weight excluding hydrogens is 412 g/mol. The van der Waals surface area contributed by atoms with Gasteiger partial charge in [-0.3, -0.25) is 4.79 Å². The van der Waals surface area contributed by atoms with Crippen molar-refractivity contribution in [1.82, 2.24) is 5.32 Å². The minimum Gasteiger partial charge on any atom is -0.490 e. The van der Waals surface area contributed by atoms with E-state index in [2.05, 4.69) is 21.2 Å². The molecule has 0 bridgehead atoms. The summed E-state index contributed by atoms with van der Waals surface area (Å²) in [5.74, 6) is 0.0379. The lowest BCUT2D eigenvalue weighted by Crippen LogP contribution is -2.42. The van der Waals surface area contributed by atoms with E-state index >= 15 is 0 Å². The number of amides is 2. The van der Waals surface area contributed by atoms with Gasteiger partial charge < -0.3 is 20.5 Å². The molecule has 1 rings (SSSR count). The molecule has 0 saturated carbocycles. The van der Waals surface area contributed by atoms with E-state index in [0.717, 1.165) is 10.0 Å². The first-order valence-electron chi connectivity index (χ1n) is 7.84. The number of primary amides is 1. The molecule has 1 atom stereocenters. The van der Waals surface area contributed by atoms with Crippen molar-refractivity contribution in [3.63, 3.8) is 0 Å². The Morgan fingerprint density at radius 3 is 2.56 bits per heavy atom. The van der Waals surface area contributed by atoms with Crippen LogP contribution in [0.5, 0.6) is 5.75 Å². The van der Waals surface area contributed by atoms with Gasteiger partial charge in [0.25, 0.3) is 0 Å². The number of hydrogen-bond donors (Lipinski definition) is 2. The van der Waals surface area contributed by atoms with Crippen LogP contribution in [0.15, 0.2) is 16.6 Å². The van der Waals surface area contributed by atoms with Gasteiger partial charge in [0.15, 0.2) is 0 Å². The first-order valence-corrected chi connectivity index (χ1v) is 9.01. The molecule has 2 amide bonds. The Morgan fingerprint density at radius 1 is 1.36 bits per heavy atom. The number of carbonyl (C=O) groups excluding carboxylic acids is 2. The second-order valence-electron chi connectivity index (χ2n) is 6.72. The summed E-state index contributed by atoms with van der Waals surface area (Å²) in [7, 11) is 0. The molecule has 6 nitrogen and oxygen atoms in total. The van der Waals surface area contributed by atoms with Crippen molar-refractivity contribution in [2.45, 2.75) is 52.2 Å². The SMILES string of the molecule is Cc1cc(Br)c(Cl)c(OCC(CCC(N)=O)NC(=O)OC(C)(C)C)c1. The van der Waals surface area contributed by atoms with Crippen LogP contribution in [0, 0.1) is 6.92 Å². The van der Waals surface area contributed by atoms with Crippen LogP contribution < -0.4 is 15.8 Å². The van der Waals surface area contributed by atoms with Gasteiger partial charge in [0, 0.05) is 10.9 Å². The lowest BCUT2D eigenvalue weighted by atomic mass is 10.1. The molecule has 0 radical (unpaired) electrons. The van der Waals surface area contributed by atoms with Gasteiger partial charge in [-0.15, -0.1) is 0 Å². The minimum atomic E-state index is -0.621. The molecule has 0 aromatic heterocycles. The molecule has 0 aliphatic rings. The Bertz CT molecular complexity index is 632. The van der Waals surface area contributed by atoms with Crippen molar-refractivity contribution in [2.24, 2.45) is 5.73 Å². The summed E-state index contributed by atoms with van der Waals surface area (Å²) >= 11 is 9.58. The fourth-order valence-electron chi connectivity index (χ4n) is 1.98. The minimum absolute atomic E-state index is 0.120. The topological polar surface area (TPSA) is 90.6 Å². The molecule has 1 aromatic rings. The molecule has 0 fully saturated rings. The third-order valence-electron chi connectivity index (χ3n) is 3.04. The quantitative estimate of drug-likeness (QED) is 0.678.